The molecule has 0 saturated carbocycles. The number of para-hydroxylation sites is 2. The summed E-state index contributed by atoms with van der Waals surface area (Å²) in [7, 11) is 2.03. The zero-order valence-electron chi connectivity index (χ0n) is 12.7. The molecule has 1 atom stereocenters. The number of anilines is 1. The van der Waals surface area contributed by atoms with Gasteiger partial charge in [0.2, 0.25) is 5.91 Å². The third-order valence-corrected chi connectivity index (χ3v) is 4.98. The second kappa shape index (κ2) is 5.49. The second-order valence-electron chi connectivity index (χ2n) is 5.90. The molecule has 23 heavy (non-hydrogen) atoms. The highest BCUT2D eigenvalue weighted by atomic mass is 79.9. The monoisotopic (exact) mass is 369 g/mol. The van der Waals surface area contributed by atoms with Gasteiger partial charge in [0.05, 0.1) is 11.0 Å². The van der Waals surface area contributed by atoms with Crippen LogP contribution in [-0.4, -0.2) is 22.0 Å². The molecule has 0 radical (unpaired) electrons. The van der Waals surface area contributed by atoms with Crippen molar-refractivity contribution in [1.29, 1.82) is 0 Å². The average Bonchev–Trinajstić information content (AvgIpc) is 3.09. The predicted octanol–water partition coefficient (Wildman–Crippen LogP) is 3.86. The number of rotatable bonds is 2. The van der Waals surface area contributed by atoms with E-state index < -0.39 is 0 Å². The van der Waals surface area contributed by atoms with Crippen LogP contribution in [0.25, 0.3) is 11.0 Å². The fraction of sp³-hybridized carbons (Fsp3) is 0.222. The minimum Gasteiger partial charge on any atom is -0.331 e. The van der Waals surface area contributed by atoms with Crippen molar-refractivity contribution in [2.75, 3.05) is 11.4 Å². The number of hydrogen-bond acceptors (Lipinski definition) is 2. The Morgan fingerprint density at radius 2 is 1.87 bits per heavy atom. The molecule has 0 N–H and O–H groups in total. The molecule has 0 aliphatic carbocycles. The number of carbonyl (C=O) groups is 1. The summed E-state index contributed by atoms with van der Waals surface area (Å²) < 4.78 is 3.12. The summed E-state index contributed by atoms with van der Waals surface area (Å²) in [6, 6.07) is 16.0. The number of carbonyl (C=O) groups excluding carboxylic acids is 1. The van der Waals surface area contributed by atoms with Crippen LogP contribution in [0.15, 0.2) is 53.0 Å². The van der Waals surface area contributed by atoms with Gasteiger partial charge in [0.1, 0.15) is 5.82 Å². The van der Waals surface area contributed by atoms with Crippen molar-refractivity contribution in [3.05, 3.63) is 58.8 Å². The Balaban J connectivity index is 1.67. The molecule has 4 rings (SSSR count). The third-order valence-electron chi connectivity index (χ3n) is 4.45. The van der Waals surface area contributed by atoms with Crippen molar-refractivity contribution in [3.63, 3.8) is 0 Å². The van der Waals surface area contributed by atoms with Gasteiger partial charge in [-0.25, -0.2) is 4.98 Å². The molecule has 0 bridgehead atoms. The van der Waals surface area contributed by atoms with Gasteiger partial charge in [0.15, 0.2) is 0 Å². The Labute approximate surface area is 142 Å². The van der Waals surface area contributed by atoms with Crippen molar-refractivity contribution in [2.24, 2.45) is 7.05 Å². The van der Waals surface area contributed by atoms with Crippen LogP contribution in [0.5, 0.6) is 0 Å². The summed E-state index contributed by atoms with van der Waals surface area (Å²) in [5, 5.41) is 0. The molecule has 0 spiro atoms. The van der Waals surface area contributed by atoms with Crippen LogP contribution in [0.1, 0.15) is 18.2 Å². The van der Waals surface area contributed by atoms with E-state index in [1.165, 1.54) is 0 Å². The Bertz CT molecular complexity index is 885. The number of halogens is 1. The lowest BCUT2D eigenvalue weighted by Crippen LogP contribution is -2.24. The van der Waals surface area contributed by atoms with Crippen molar-refractivity contribution >= 4 is 38.6 Å². The summed E-state index contributed by atoms with van der Waals surface area (Å²) in [5.74, 6) is 1.27. The van der Waals surface area contributed by atoms with Crippen LogP contribution in [0, 0.1) is 0 Å². The van der Waals surface area contributed by atoms with E-state index in [4.69, 9.17) is 4.98 Å². The first-order valence-electron chi connectivity index (χ1n) is 7.61. The number of nitrogens with zero attached hydrogens (tertiary/aromatic N) is 3. The van der Waals surface area contributed by atoms with E-state index in [0.29, 0.717) is 13.0 Å². The van der Waals surface area contributed by atoms with E-state index in [9.17, 15) is 4.79 Å². The molecule has 1 amide bonds. The van der Waals surface area contributed by atoms with E-state index in [0.717, 1.165) is 27.0 Å². The summed E-state index contributed by atoms with van der Waals surface area (Å²) in [5.41, 5.74) is 3.04. The minimum absolute atomic E-state index is 0.128. The standard InChI is InChI=1S/C18H16BrN3O/c1-21-16-5-3-2-4-15(16)20-18(21)12-10-17(23)22(11-12)14-8-6-13(19)7-9-14/h2-9,12H,10-11H2,1H3. The number of benzene rings is 2. The first kappa shape index (κ1) is 14.5. The number of aromatic nitrogens is 2. The first-order chi connectivity index (χ1) is 11.1. The molecule has 2 heterocycles. The third kappa shape index (κ3) is 2.45. The molecule has 5 heteroatoms. The van der Waals surface area contributed by atoms with Gasteiger partial charge in [-0.05, 0) is 36.4 Å². The highest BCUT2D eigenvalue weighted by molar-refractivity contribution is 9.10. The molecule has 1 aliphatic rings. The molecule has 1 saturated heterocycles. The van der Waals surface area contributed by atoms with Crippen LogP contribution in [0.4, 0.5) is 5.69 Å². The van der Waals surface area contributed by atoms with Gasteiger partial charge in [0.25, 0.3) is 0 Å². The van der Waals surface area contributed by atoms with E-state index in [-0.39, 0.29) is 11.8 Å². The Hall–Kier alpha value is -2.14. The van der Waals surface area contributed by atoms with Crippen LogP contribution < -0.4 is 4.90 Å². The molecule has 1 fully saturated rings. The maximum atomic E-state index is 12.4. The second-order valence-corrected chi connectivity index (χ2v) is 6.82. The number of amides is 1. The smallest absolute Gasteiger partial charge is 0.227 e. The van der Waals surface area contributed by atoms with Gasteiger partial charge < -0.3 is 9.47 Å². The molecule has 4 nitrogen and oxygen atoms in total. The summed E-state index contributed by atoms with van der Waals surface area (Å²) in [6.45, 7) is 0.678. The van der Waals surface area contributed by atoms with Gasteiger partial charge in [-0.3, -0.25) is 4.79 Å². The van der Waals surface area contributed by atoms with Crippen LogP contribution in [0.3, 0.4) is 0 Å². The van der Waals surface area contributed by atoms with E-state index in [1.807, 2.05) is 54.4 Å². The van der Waals surface area contributed by atoms with Gasteiger partial charge >= 0.3 is 0 Å². The Morgan fingerprint density at radius 1 is 1.13 bits per heavy atom. The zero-order chi connectivity index (χ0) is 16.0. The molecule has 1 aliphatic heterocycles. The molecular weight excluding hydrogens is 354 g/mol. The highest BCUT2D eigenvalue weighted by Gasteiger charge is 2.34. The Morgan fingerprint density at radius 3 is 2.61 bits per heavy atom. The first-order valence-corrected chi connectivity index (χ1v) is 8.40. The number of fused-ring (bicyclic) bond motifs is 1. The molecule has 2 aromatic carbocycles. The summed E-state index contributed by atoms with van der Waals surface area (Å²) in [4.78, 5) is 19.1. The largest absolute Gasteiger partial charge is 0.331 e. The van der Waals surface area contributed by atoms with Gasteiger partial charge in [-0.15, -0.1) is 0 Å². The SMILES string of the molecule is Cn1c(C2CC(=O)N(c3ccc(Br)cc3)C2)nc2ccccc21. The lowest BCUT2D eigenvalue weighted by molar-refractivity contribution is -0.117. The fourth-order valence-corrected chi connectivity index (χ4v) is 3.54. The average molecular weight is 370 g/mol. The van der Waals surface area contributed by atoms with E-state index in [2.05, 4.69) is 26.6 Å². The molecule has 1 unspecified atom stereocenters. The van der Waals surface area contributed by atoms with Crippen LogP contribution in [-0.2, 0) is 11.8 Å². The lowest BCUT2D eigenvalue weighted by atomic mass is 10.1. The van der Waals surface area contributed by atoms with Crippen molar-refractivity contribution in [1.82, 2.24) is 9.55 Å². The normalized spacial score (nSPS) is 18.1. The highest BCUT2D eigenvalue weighted by Crippen LogP contribution is 2.33. The predicted molar refractivity (Wildman–Crippen MR) is 94.6 cm³/mol. The number of hydrogen-bond donors (Lipinski definition) is 0. The topological polar surface area (TPSA) is 38.1 Å². The molecule has 1 aromatic heterocycles. The summed E-state index contributed by atoms with van der Waals surface area (Å²) >= 11 is 3.43. The minimum atomic E-state index is 0.128. The lowest BCUT2D eigenvalue weighted by Gasteiger charge is -2.16. The van der Waals surface area contributed by atoms with Crippen molar-refractivity contribution < 1.29 is 4.79 Å². The van der Waals surface area contributed by atoms with Gasteiger partial charge in [0, 0.05) is 36.1 Å². The summed E-state index contributed by atoms with van der Waals surface area (Å²) in [6.07, 6.45) is 0.507. The maximum Gasteiger partial charge on any atom is 0.227 e. The zero-order valence-corrected chi connectivity index (χ0v) is 14.3. The maximum absolute atomic E-state index is 12.4. The van der Waals surface area contributed by atoms with E-state index in [1.54, 1.807) is 0 Å². The fourth-order valence-electron chi connectivity index (χ4n) is 3.28. The number of aryl methyl sites for hydroxylation is 1. The molecule has 116 valence electrons. The van der Waals surface area contributed by atoms with Crippen LogP contribution >= 0.6 is 15.9 Å². The molecular formula is C18H16BrN3O. The number of imidazole rings is 1. The molecule has 3 aromatic rings. The van der Waals surface area contributed by atoms with E-state index >= 15 is 0 Å². The van der Waals surface area contributed by atoms with Gasteiger partial charge in [-0.2, -0.15) is 0 Å². The van der Waals surface area contributed by atoms with Crippen LogP contribution in [0.2, 0.25) is 0 Å². The Kier molecular flexibility index (Phi) is 3.45. The van der Waals surface area contributed by atoms with Crippen molar-refractivity contribution in [3.8, 4) is 0 Å². The van der Waals surface area contributed by atoms with Crippen molar-refractivity contribution in [2.45, 2.75) is 12.3 Å². The van der Waals surface area contributed by atoms with Gasteiger partial charge in [-0.1, -0.05) is 28.1 Å². The quantitative estimate of drug-likeness (QED) is 0.687.